The van der Waals surface area contributed by atoms with Gasteiger partial charge in [0.15, 0.2) is 13.9 Å². The Bertz CT molecular complexity index is 1440. The number of fused-ring (bicyclic) bond motifs is 3. The van der Waals surface area contributed by atoms with Gasteiger partial charge in [-0.1, -0.05) is 37.3 Å². The molecule has 0 aromatic heterocycles. The van der Waals surface area contributed by atoms with Crippen LogP contribution >= 0.6 is 0 Å². The summed E-state index contributed by atoms with van der Waals surface area (Å²) in [7, 11) is -3.03. The zero-order valence-corrected chi connectivity index (χ0v) is 26.1. The number of carbonyl (C=O) groups excluding carboxylic acids is 3. The minimum atomic E-state index is -3.03. The largest absolute Gasteiger partial charge is 0.432 e. The Morgan fingerprint density at radius 1 is 1.23 bits per heavy atom. The first-order chi connectivity index (χ1) is 20.3. The van der Waals surface area contributed by atoms with E-state index in [0.717, 1.165) is 11.1 Å². The minimum Gasteiger partial charge on any atom is -0.432 e. The predicted molar refractivity (Wildman–Crippen MR) is 165 cm³/mol. The van der Waals surface area contributed by atoms with Crippen molar-refractivity contribution >= 4 is 37.4 Å². The van der Waals surface area contributed by atoms with Crippen molar-refractivity contribution in [2.24, 2.45) is 5.92 Å². The van der Waals surface area contributed by atoms with Crippen molar-refractivity contribution in [2.45, 2.75) is 75.7 Å². The summed E-state index contributed by atoms with van der Waals surface area (Å²) in [5.74, 6) is -1.62. The fraction of sp³-hybridized carbons (Fsp3) is 0.469. The van der Waals surface area contributed by atoms with Crippen molar-refractivity contribution in [3.05, 3.63) is 71.8 Å². The van der Waals surface area contributed by atoms with Crippen molar-refractivity contribution in [1.82, 2.24) is 4.90 Å². The van der Waals surface area contributed by atoms with Crippen molar-refractivity contribution < 1.29 is 34.1 Å². The number of ether oxygens (including phenoxy) is 1. The molecule has 0 bridgehead atoms. The quantitative estimate of drug-likeness (QED) is 0.267. The van der Waals surface area contributed by atoms with Crippen LogP contribution in [-0.4, -0.2) is 77.3 Å². The molecule has 3 aliphatic heterocycles. The standard InChI is InChI=1S/C32H41N3O7Si/c1-6-13-34-26-12-11-23(33-30(39)20(3)37)15-25(26)32(31(34)40)19(2)29(43(4,5)41)27(42-32)16-28(38)35-17-22-10-8-7-9-21(22)14-24(35)18-36/h6-12,15,19-20,24,27,29,36-37,41H,1,13-14,16-18H2,2-5H3,(H,33,39)/t19-,20-,24-,27+,29-,32+/m0/s1. The monoisotopic (exact) mass is 607 g/mol. The Hall–Kier alpha value is -3.35. The second-order valence-electron chi connectivity index (χ2n) is 12.5. The van der Waals surface area contributed by atoms with Gasteiger partial charge in [-0.15, -0.1) is 6.58 Å². The van der Waals surface area contributed by atoms with Gasteiger partial charge >= 0.3 is 0 Å². The number of nitrogens with zero attached hydrogens (tertiary/aromatic N) is 2. The molecule has 3 amide bonds. The van der Waals surface area contributed by atoms with Crippen molar-refractivity contribution in [1.29, 1.82) is 0 Å². The van der Waals surface area contributed by atoms with E-state index in [1.54, 1.807) is 47.2 Å². The lowest BCUT2D eigenvalue weighted by Crippen LogP contribution is -2.48. The number of carbonyl (C=O) groups is 3. The lowest BCUT2D eigenvalue weighted by Gasteiger charge is -2.37. The molecule has 1 spiro atoms. The maximum atomic E-state index is 14.3. The molecule has 0 radical (unpaired) electrons. The molecule has 1 fully saturated rings. The number of amides is 3. The van der Waals surface area contributed by atoms with Crippen LogP contribution in [0.15, 0.2) is 55.1 Å². The summed E-state index contributed by atoms with van der Waals surface area (Å²) in [6.45, 7) is 11.1. The Morgan fingerprint density at radius 2 is 1.93 bits per heavy atom. The molecule has 10 nitrogen and oxygen atoms in total. The summed E-state index contributed by atoms with van der Waals surface area (Å²) in [5.41, 5.74) is 1.68. The Labute approximate surface area is 253 Å². The maximum absolute atomic E-state index is 14.3. The van der Waals surface area contributed by atoms with Crippen LogP contribution in [0.25, 0.3) is 0 Å². The molecule has 2 aromatic carbocycles. The van der Waals surface area contributed by atoms with Gasteiger partial charge in [0.1, 0.15) is 6.10 Å². The predicted octanol–water partition coefficient (Wildman–Crippen LogP) is 2.67. The first-order valence-corrected chi connectivity index (χ1v) is 17.8. The Kier molecular flexibility index (Phi) is 8.40. The van der Waals surface area contributed by atoms with E-state index in [2.05, 4.69) is 11.9 Å². The number of rotatable bonds is 8. The fourth-order valence-electron chi connectivity index (χ4n) is 7.24. The summed E-state index contributed by atoms with van der Waals surface area (Å²) in [6, 6.07) is 12.6. The molecule has 0 saturated carbocycles. The highest BCUT2D eigenvalue weighted by Crippen LogP contribution is 2.60. The smallest absolute Gasteiger partial charge is 0.264 e. The van der Waals surface area contributed by atoms with Gasteiger partial charge in [0, 0.05) is 35.8 Å². The molecule has 1 saturated heterocycles. The van der Waals surface area contributed by atoms with Gasteiger partial charge in [0.2, 0.25) is 5.91 Å². The van der Waals surface area contributed by atoms with E-state index in [4.69, 9.17) is 4.74 Å². The van der Waals surface area contributed by atoms with E-state index in [1.165, 1.54) is 6.92 Å². The third-order valence-electron chi connectivity index (χ3n) is 9.20. The highest BCUT2D eigenvalue weighted by atomic mass is 28.4. The van der Waals surface area contributed by atoms with E-state index in [1.807, 2.05) is 31.2 Å². The number of anilines is 2. The molecular formula is C32H41N3O7Si. The molecular weight excluding hydrogens is 566 g/mol. The van der Waals surface area contributed by atoms with E-state index in [0.29, 0.717) is 29.9 Å². The number of aliphatic hydroxyl groups excluding tert-OH is 2. The second kappa shape index (κ2) is 11.6. The maximum Gasteiger partial charge on any atom is 0.264 e. The van der Waals surface area contributed by atoms with Crippen LogP contribution in [0.3, 0.4) is 0 Å². The first-order valence-electron chi connectivity index (χ1n) is 14.8. The highest BCUT2D eigenvalue weighted by Gasteiger charge is 2.66. The molecule has 11 heteroatoms. The molecule has 0 unspecified atom stereocenters. The van der Waals surface area contributed by atoms with Gasteiger partial charge in [-0.05, 0) is 55.8 Å². The van der Waals surface area contributed by atoms with Gasteiger partial charge in [-0.3, -0.25) is 14.4 Å². The van der Waals surface area contributed by atoms with Crippen LogP contribution in [0.4, 0.5) is 11.4 Å². The zero-order chi connectivity index (χ0) is 31.3. The summed E-state index contributed by atoms with van der Waals surface area (Å²) in [5, 5.41) is 22.6. The lowest BCUT2D eigenvalue weighted by atomic mass is 9.82. The van der Waals surface area contributed by atoms with Gasteiger partial charge < -0.3 is 34.9 Å². The van der Waals surface area contributed by atoms with Gasteiger partial charge in [-0.25, -0.2) is 0 Å². The van der Waals surface area contributed by atoms with Crippen molar-refractivity contribution in [3.8, 4) is 0 Å². The fourth-order valence-corrected chi connectivity index (χ4v) is 9.80. The molecule has 2 aromatic rings. The lowest BCUT2D eigenvalue weighted by molar-refractivity contribution is -0.150. The number of benzene rings is 2. The number of hydrogen-bond acceptors (Lipinski definition) is 7. The molecule has 6 atom stereocenters. The summed E-state index contributed by atoms with van der Waals surface area (Å²) in [6.07, 6.45) is 0.109. The minimum absolute atomic E-state index is 0.0606. The molecule has 3 aliphatic rings. The molecule has 5 rings (SSSR count). The zero-order valence-electron chi connectivity index (χ0n) is 25.1. The Balaban J connectivity index is 1.53. The third kappa shape index (κ3) is 5.33. The number of hydrogen-bond donors (Lipinski definition) is 4. The average molecular weight is 608 g/mol. The van der Waals surface area contributed by atoms with Crippen molar-refractivity contribution in [2.75, 3.05) is 23.4 Å². The highest BCUT2D eigenvalue weighted by molar-refractivity contribution is 6.71. The van der Waals surface area contributed by atoms with E-state index in [-0.39, 0.29) is 37.4 Å². The Morgan fingerprint density at radius 3 is 2.56 bits per heavy atom. The van der Waals surface area contributed by atoms with E-state index >= 15 is 0 Å². The topological polar surface area (TPSA) is 140 Å². The first kappa shape index (κ1) is 31.1. The van der Waals surface area contributed by atoms with Crippen molar-refractivity contribution in [3.63, 3.8) is 0 Å². The average Bonchev–Trinajstić information content (AvgIpc) is 3.38. The van der Waals surface area contributed by atoms with Crippen LogP contribution in [0.5, 0.6) is 0 Å². The summed E-state index contributed by atoms with van der Waals surface area (Å²) >= 11 is 0. The molecule has 230 valence electrons. The molecule has 0 aliphatic carbocycles. The van der Waals surface area contributed by atoms with E-state index < -0.39 is 43.5 Å². The number of nitrogens with one attached hydrogen (secondary N) is 1. The van der Waals surface area contributed by atoms with Gasteiger partial charge in [0.05, 0.1) is 30.9 Å². The van der Waals surface area contributed by atoms with Gasteiger partial charge in [0.25, 0.3) is 11.8 Å². The van der Waals surface area contributed by atoms with Crippen LogP contribution in [0, 0.1) is 5.92 Å². The number of aliphatic hydroxyl groups is 2. The molecule has 3 heterocycles. The van der Waals surface area contributed by atoms with Crippen LogP contribution in [0.2, 0.25) is 18.6 Å². The van der Waals surface area contributed by atoms with Gasteiger partial charge in [-0.2, -0.15) is 0 Å². The second-order valence-corrected chi connectivity index (χ2v) is 16.5. The van der Waals surface area contributed by atoms with Crippen LogP contribution < -0.4 is 10.2 Å². The van der Waals surface area contributed by atoms with Crippen LogP contribution in [0.1, 0.15) is 37.0 Å². The van der Waals surface area contributed by atoms with E-state index in [9.17, 15) is 29.4 Å². The SMILES string of the molecule is C=CCN1C(=O)[C@]2(O[C@H](CC(=O)N3Cc4ccccc4C[C@H]3CO)[C@@H]([Si](C)(C)O)[C@@H]2C)c2cc(NC(=O)[C@H](C)O)ccc21. The molecule has 4 N–H and O–H groups in total. The molecule has 43 heavy (non-hydrogen) atoms. The summed E-state index contributed by atoms with van der Waals surface area (Å²) in [4.78, 5) is 55.3. The summed E-state index contributed by atoms with van der Waals surface area (Å²) < 4.78 is 6.76. The third-order valence-corrected chi connectivity index (χ3v) is 11.7. The normalized spacial score (nSPS) is 27.2. The van der Waals surface area contributed by atoms with Crippen LogP contribution in [-0.2, 0) is 37.7 Å².